The summed E-state index contributed by atoms with van der Waals surface area (Å²) in [5, 5.41) is 8.02. The topological polar surface area (TPSA) is 79.8 Å². The number of rotatable bonds is 3. The molecule has 1 fully saturated rings. The summed E-state index contributed by atoms with van der Waals surface area (Å²) in [6.07, 6.45) is 5.50. The molecule has 30 heavy (non-hydrogen) atoms. The van der Waals surface area contributed by atoms with Crippen LogP contribution in [0.3, 0.4) is 0 Å². The number of carbonyl (C=O) groups is 1. The van der Waals surface area contributed by atoms with E-state index in [0.29, 0.717) is 23.6 Å². The van der Waals surface area contributed by atoms with Gasteiger partial charge in [0.2, 0.25) is 5.78 Å². The number of carbonyl (C=O) groups excluding carboxylic acids is 1. The van der Waals surface area contributed by atoms with E-state index in [0.717, 1.165) is 41.2 Å². The molecule has 0 bridgehead atoms. The minimum atomic E-state index is -0.205. The van der Waals surface area contributed by atoms with Crippen LogP contribution < -0.4 is 10.2 Å². The zero-order valence-corrected chi connectivity index (χ0v) is 17.6. The maximum Gasteiger partial charge on any atom is 0.248 e. The molecule has 2 atom stereocenters. The number of ketones is 1. The number of aromatic nitrogens is 5. The molecule has 8 heteroatoms. The Balaban J connectivity index is 1.50. The second-order valence-corrected chi connectivity index (χ2v) is 8.33. The lowest BCUT2D eigenvalue weighted by molar-refractivity contribution is 0.102. The fraction of sp³-hybridized carbons (Fsp3) is 0.364. The molecule has 154 valence electrons. The van der Waals surface area contributed by atoms with E-state index in [-0.39, 0.29) is 5.78 Å². The average Bonchev–Trinajstić information content (AvgIpc) is 3.29. The highest BCUT2D eigenvalue weighted by Crippen LogP contribution is 2.22. The van der Waals surface area contributed by atoms with Crippen molar-refractivity contribution in [1.29, 1.82) is 0 Å². The Labute approximate surface area is 174 Å². The molecule has 1 aliphatic rings. The molecule has 0 spiro atoms. The van der Waals surface area contributed by atoms with Gasteiger partial charge in [-0.3, -0.25) is 9.20 Å². The zero-order chi connectivity index (χ0) is 21.0. The Hall–Kier alpha value is -3.26. The van der Waals surface area contributed by atoms with Gasteiger partial charge in [0.1, 0.15) is 5.69 Å². The van der Waals surface area contributed by atoms with E-state index >= 15 is 0 Å². The first kappa shape index (κ1) is 18.7. The zero-order valence-electron chi connectivity index (χ0n) is 17.6. The van der Waals surface area contributed by atoms with E-state index in [4.69, 9.17) is 0 Å². The number of nitrogens with one attached hydrogen (secondary N) is 1. The fourth-order valence-corrected chi connectivity index (χ4v) is 4.36. The van der Waals surface area contributed by atoms with Crippen molar-refractivity contribution in [2.45, 2.75) is 39.8 Å². The van der Waals surface area contributed by atoms with Crippen LogP contribution in [0.1, 0.15) is 41.4 Å². The van der Waals surface area contributed by atoms with Crippen LogP contribution in [0.4, 0.5) is 5.69 Å². The highest BCUT2D eigenvalue weighted by Gasteiger charge is 2.23. The molecule has 0 amide bonds. The number of hydrogen-bond donors (Lipinski definition) is 1. The lowest BCUT2D eigenvalue weighted by Crippen LogP contribution is -2.54. The lowest BCUT2D eigenvalue weighted by atomic mass is 10.1. The minimum Gasteiger partial charge on any atom is -0.368 e. The van der Waals surface area contributed by atoms with Crippen molar-refractivity contribution >= 4 is 22.6 Å². The first-order chi connectivity index (χ1) is 14.4. The molecule has 0 aromatic carbocycles. The summed E-state index contributed by atoms with van der Waals surface area (Å²) in [5.74, 6) is 0.158. The highest BCUT2D eigenvalue weighted by molar-refractivity contribution is 6.06. The van der Waals surface area contributed by atoms with Crippen LogP contribution in [0, 0.1) is 13.8 Å². The largest absolute Gasteiger partial charge is 0.368 e. The second-order valence-electron chi connectivity index (χ2n) is 8.33. The Kier molecular flexibility index (Phi) is 4.32. The van der Waals surface area contributed by atoms with Crippen LogP contribution in [0.5, 0.6) is 0 Å². The molecule has 1 N–H and O–H groups in total. The molecule has 0 saturated carbocycles. The van der Waals surface area contributed by atoms with Gasteiger partial charge < -0.3 is 10.2 Å². The Morgan fingerprint density at radius 1 is 1.17 bits per heavy atom. The van der Waals surface area contributed by atoms with Crippen LogP contribution >= 0.6 is 0 Å². The van der Waals surface area contributed by atoms with Crippen molar-refractivity contribution in [3.05, 3.63) is 59.6 Å². The summed E-state index contributed by atoms with van der Waals surface area (Å²) in [7, 11) is 0. The van der Waals surface area contributed by atoms with E-state index in [9.17, 15) is 4.79 Å². The maximum absolute atomic E-state index is 13.2. The smallest absolute Gasteiger partial charge is 0.248 e. The predicted molar refractivity (Wildman–Crippen MR) is 115 cm³/mol. The van der Waals surface area contributed by atoms with Crippen LogP contribution in [-0.4, -0.2) is 54.9 Å². The third-order valence-electron chi connectivity index (χ3n) is 5.60. The molecule has 4 aromatic rings. The summed E-state index contributed by atoms with van der Waals surface area (Å²) < 4.78 is 3.50. The standard InChI is InChI=1S/C22H25N7O/c1-13-7-19(26-29-12-16(4)25-21(13)29)20(30)22-23-9-18-8-17(5-6-28(18)22)27-10-14(2)24-15(3)11-27/h5-9,12,14-15,24H,10-11H2,1-4H3/t14-,15+. The summed E-state index contributed by atoms with van der Waals surface area (Å²) in [4.78, 5) is 24.4. The first-order valence-electron chi connectivity index (χ1n) is 10.3. The van der Waals surface area contributed by atoms with Crippen molar-refractivity contribution in [3.8, 4) is 0 Å². The highest BCUT2D eigenvalue weighted by atomic mass is 16.1. The van der Waals surface area contributed by atoms with E-state index in [1.807, 2.05) is 30.6 Å². The third kappa shape index (κ3) is 3.13. The van der Waals surface area contributed by atoms with Gasteiger partial charge in [-0.25, -0.2) is 14.5 Å². The number of aryl methyl sites for hydroxylation is 2. The molecule has 8 nitrogen and oxygen atoms in total. The molecule has 1 saturated heterocycles. The number of hydrogen-bond acceptors (Lipinski definition) is 6. The number of pyridine rings is 1. The van der Waals surface area contributed by atoms with Gasteiger partial charge >= 0.3 is 0 Å². The SMILES string of the molecule is Cc1cn2nc(C(=O)c3ncc4cc(N5C[C@@H](C)N[C@@H](C)C5)ccn34)cc(C)c2n1. The third-order valence-corrected chi connectivity index (χ3v) is 5.60. The fourth-order valence-electron chi connectivity index (χ4n) is 4.36. The van der Waals surface area contributed by atoms with Gasteiger partial charge in [-0.15, -0.1) is 0 Å². The van der Waals surface area contributed by atoms with Gasteiger partial charge in [-0.05, 0) is 51.5 Å². The number of imidazole rings is 2. The Morgan fingerprint density at radius 3 is 2.70 bits per heavy atom. The quantitative estimate of drug-likeness (QED) is 0.529. The van der Waals surface area contributed by atoms with Crippen LogP contribution in [-0.2, 0) is 0 Å². The normalized spacial score (nSPS) is 19.7. The lowest BCUT2D eigenvalue weighted by Gasteiger charge is -2.37. The van der Waals surface area contributed by atoms with Crippen molar-refractivity contribution < 1.29 is 4.79 Å². The van der Waals surface area contributed by atoms with E-state index in [2.05, 4.69) is 51.3 Å². The van der Waals surface area contributed by atoms with E-state index < -0.39 is 0 Å². The van der Waals surface area contributed by atoms with Gasteiger partial charge in [-0.2, -0.15) is 5.10 Å². The molecule has 1 aliphatic heterocycles. The van der Waals surface area contributed by atoms with Crippen molar-refractivity contribution in [3.63, 3.8) is 0 Å². The van der Waals surface area contributed by atoms with Crippen molar-refractivity contribution in [2.75, 3.05) is 18.0 Å². The van der Waals surface area contributed by atoms with E-state index in [1.165, 1.54) is 0 Å². The van der Waals surface area contributed by atoms with Crippen LogP contribution in [0.25, 0.3) is 11.2 Å². The summed E-state index contributed by atoms with van der Waals surface area (Å²) in [6, 6.07) is 6.79. The number of nitrogens with zero attached hydrogens (tertiary/aromatic N) is 6. The van der Waals surface area contributed by atoms with Gasteiger partial charge in [0, 0.05) is 37.1 Å². The molecular weight excluding hydrogens is 378 g/mol. The average molecular weight is 403 g/mol. The summed E-state index contributed by atoms with van der Waals surface area (Å²) >= 11 is 0. The molecule has 0 aliphatic carbocycles. The molecule has 5 rings (SSSR count). The van der Waals surface area contributed by atoms with Gasteiger partial charge in [-0.1, -0.05) is 0 Å². The minimum absolute atomic E-state index is 0.205. The summed E-state index contributed by atoms with van der Waals surface area (Å²) in [5.41, 5.74) is 4.94. The van der Waals surface area contributed by atoms with Gasteiger partial charge in [0.05, 0.1) is 23.6 Å². The molecule has 5 heterocycles. The Bertz CT molecular complexity index is 1260. The van der Waals surface area contributed by atoms with Gasteiger partial charge in [0.15, 0.2) is 11.5 Å². The van der Waals surface area contributed by atoms with Crippen molar-refractivity contribution in [1.82, 2.24) is 29.3 Å². The monoisotopic (exact) mass is 403 g/mol. The number of fused-ring (bicyclic) bond motifs is 2. The van der Waals surface area contributed by atoms with Gasteiger partial charge in [0.25, 0.3) is 0 Å². The Morgan fingerprint density at radius 2 is 1.93 bits per heavy atom. The second kappa shape index (κ2) is 6.91. The van der Waals surface area contributed by atoms with Crippen molar-refractivity contribution in [2.24, 2.45) is 0 Å². The number of piperazine rings is 1. The predicted octanol–water partition coefficient (Wildman–Crippen LogP) is 2.41. The molecular formula is C22H25N7O. The van der Waals surface area contributed by atoms with Crippen LogP contribution in [0.2, 0.25) is 0 Å². The molecule has 0 unspecified atom stereocenters. The van der Waals surface area contributed by atoms with Crippen LogP contribution in [0.15, 0.2) is 36.8 Å². The summed E-state index contributed by atoms with van der Waals surface area (Å²) in [6.45, 7) is 10.2. The maximum atomic E-state index is 13.2. The molecule has 0 radical (unpaired) electrons. The molecule has 4 aromatic heterocycles. The first-order valence-corrected chi connectivity index (χ1v) is 10.3. The number of anilines is 1. The van der Waals surface area contributed by atoms with E-state index in [1.54, 1.807) is 16.8 Å².